The van der Waals surface area contributed by atoms with E-state index in [2.05, 4.69) is 10.6 Å². The molecule has 96 valence electrons. The number of para-hydroxylation sites is 1. The summed E-state index contributed by atoms with van der Waals surface area (Å²) in [5.41, 5.74) is 0.543. The largest absolute Gasteiger partial charge is 0.480 e. The Kier molecular flexibility index (Phi) is 4.86. The summed E-state index contributed by atoms with van der Waals surface area (Å²) in [6, 6.07) is 6.72. The zero-order chi connectivity index (χ0) is 13.5. The number of anilines is 1. The number of carbonyl (C=O) groups is 3. The van der Waals surface area contributed by atoms with Gasteiger partial charge in [-0.05, 0) is 19.1 Å². The van der Waals surface area contributed by atoms with E-state index in [4.69, 9.17) is 5.11 Å². The lowest BCUT2D eigenvalue weighted by Crippen LogP contribution is -2.44. The average molecular weight is 250 g/mol. The van der Waals surface area contributed by atoms with Gasteiger partial charge in [-0.3, -0.25) is 4.79 Å². The van der Waals surface area contributed by atoms with Crippen LogP contribution in [0.4, 0.5) is 10.5 Å². The molecule has 1 aromatic carbocycles. The van der Waals surface area contributed by atoms with Crippen LogP contribution in [0.15, 0.2) is 30.3 Å². The Morgan fingerprint density at radius 2 is 1.83 bits per heavy atom. The minimum Gasteiger partial charge on any atom is -0.480 e. The molecule has 1 rings (SSSR count). The highest BCUT2D eigenvalue weighted by atomic mass is 16.4. The zero-order valence-corrected chi connectivity index (χ0v) is 9.84. The highest BCUT2D eigenvalue weighted by molar-refractivity contribution is 5.93. The first-order valence-corrected chi connectivity index (χ1v) is 5.34. The molecule has 0 aromatic heterocycles. The fourth-order valence-corrected chi connectivity index (χ4v) is 1.33. The number of carbonyl (C=O) groups excluding carboxylic acids is 2. The maximum atomic E-state index is 11.5. The van der Waals surface area contributed by atoms with E-state index in [9.17, 15) is 14.4 Å². The third-order valence-corrected chi connectivity index (χ3v) is 2.13. The van der Waals surface area contributed by atoms with Crippen molar-refractivity contribution < 1.29 is 19.5 Å². The van der Waals surface area contributed by atoms with E-state index in [0.717, 1.165) is 0 Å². The van der Waals surface area contributed by atoms with Gasteiger partial charge in [0, 0.05) is 12.1 Å². The van der Waals surface area contributed by atoms with Crippen LogP contribution < -0.4 is 10.6 Å². The number of carboxylic acids is 1. The Hall–Kier alpha value is -2.37. The van der Waals surface area contributed by atoms with Crippen LogP contribution in [0.25, 0.3) is 0 Å². The lowest BCUT2D eigenvalue weighted by Gasteiger charge is -2.13. The fraction of sp³-hybridized carbons (Fsp3) is 0.250. The highest BCUT2D eigenvalue weighted by Crippen LogP contribution is 2.04. The maximum Gasteiger partial charge on any atom is 0.326 e. The van der Waals surface area contributed by atoms with E-state index in [1.807, 2.05) is 0 Å². The molecule has 1 aromatic rings. The van der Waals surface area contributed by atoms with Gasteiger partial charge in [0.05, 0.1) is 0 Å². The smallest absolute Gasteiger partial charge is 0.326 e. The summed E-state index contributed by atoms with van der Waals surface area (Å²) in [4.78, 5) is 33.2. The summed E-state index contributed by atoms with van der Waals surface area (Å²) >= 11 is 0. The quantitative estimate of drug-likeness (QED) is 0.732. The van der Waals surface area contributed by atoms with Gasteiger partial charge in [0.25, 0.3) is 0 Å². The van der Waals surface area contributed by atoms with Crippen molar-refractivity contribution in [3.63, 3.8) is 0 Å². The monoisotopic (exact) mass is 250 g/mol. The first-order valence-electron chi connectivity index (χ1n) is 5.34. The van der Waals surface area contributed by atoms with E-state index in [1.54, 1.807) is 30.3 Å². The van der Waals surface area contributed by atoms with Gasteiger partial charge in [-0.25, -0.2) is 9.59 Å². The van der Waals surface area contributed by atoms with E-state index >= 15 is 0 Å². The summed E-state index contributed by atoms with van der Waals surface area (Å²) in [5, 5.41) is 13.5. The molecule has 2 amide bonds. The summed E-state index contributed by atoms with van der Waals surface area (Å²) in [6.45, 7) is 1.27. The molecule has 0 aliphatic heterocycles. The number of aliphatic carboxylic acids is 1. The number of hydrogen-bond acceptors (Lipinski definition) is 3. The molecule has 1 unspecified atom stereocenters. The normalized spacial score (nSPS) is 11.4. The Labute approximate surface area is 104 Å². The van der Waals surface area contributed by atoms with Crippen molar-refractivity contribution >= 4 is 23.5 Å². The molecule has 0 saturated heterocycles. The summed E-state index contributed by atoms with van der Waals surface area (Å²) in [7, 11) is 0. The number of rotatable bonds is 5. The summed E-state index contributed by atoms with van der Waals surface area (Å²) < 4.78 is 0. The lowest BCUT2D eigenvalue weighted by atomic mass is 10.1. The number of ketones is 1. The van der Waals surface area contributed by atoms with Gasteiger partial charge < -0.3 is 15.7 Å². The van der Waals surface area contributed by atoms with Gasteiger partial charge in [-0.15, -0.1) is 0 Å². The highest BCUT2D eigenvalue weighted by Gasteiger charge is 2.21. The van der Waals surface area contributed by atoms with Crippen LogP contribution in [0.2, 0.25) is 0 Å². The van der Waals surface area contributed by atoms with Crippen LogP contribution in [-0.2, 0) is 9.59 Å². The first-order chi connectivity index (χ1) is 8.49. The van der Waals surface area contributed by atoms with Crippen molar-refractivity contribution in [2.24, 2.45) is 0 Å². The van der Waals surface area contributed by atoms with Crippen LogP contribution in [0.1, 0.15) is 13.3 Å². The third-order valence-electron chi connectivity index (χ3n) is 2.13. The van der Waals surface area contributed by atoms with Gasteiger partial charge in [0.15, 0.2) is 0 Å². The van der Waals surface area contributed by atoms with Crippen molar-refractivity contribution in [2.75, 3.05) is 5.32 Å². The molecule has 0 bridgehead atoms. The maximum absolute atomic E-state index is 11.5. The SMILES string of the molecule is CC(=O)CC(NC(=O)Nc1ccccc1)C(=O)O. The van der Waals surface area contributed by atoms with Gasteiger partial charge >= 0.3 is 12.0 Å². The van der Waals surface area contributed by atoms with Gasteiger partial charge in [-0.2, -0.15) is 0 Å². The standard InChI is InChI=1S/C12H14N2O4/c1-8(15)7-10(11(16)17)14-12(18)13-9-5-3-2-4-6-9/h2-6,10H,7H2,1H3,(H,16,17)(H2,13,14,18). The van der Waals surface area contributed by atoms with Crippen molar-refractivity contribution in [3.05, 3.63) is 30.3 Å². The van der Waals surface area contributed by atoms with Crippen LogP contribution in [-0.4, -0.2) is 28.9 Å². The van der Waals surface area contributed by atoms with E-state index < -0.39 is 18.0 Å². The molecule has 0 fully saturated rings. The molecule has 0 aliphatic rings. The first kappa shape index (κ1) is 13.7. The van der Waals surface area contributed by atoms with E-state index in [0.29, 0.717) is 5.69 Å². The van der Waals surface area contributed by atoms with Crippen molar-refractivity contribution in [1.82, 2.24) is 5.32 Å². The molecule has 0 heterocycles. The van der Waals surface area contributed by atoms with Crippen molar-refractivity contribution in [2.45, 2.75) is 19.4 Å². The molecule has 1 atom stereocenters. The minimum atomic E-state index is -1.24. The fourth-order valence-electron chi connectivity index (χ4n) is 1.33. The van der Waals surface area contributed by atoms with Gasteiger partial charge in [0.2, 0.25) is 0 Å². The molecule has 18 heavy (non-hydrogen) atoms. The third kappa shape index (κ3) is 4.65. The number of carboxylic acid groups (broad SMARTS) is 1. The molecular formula is C12H14N2O4. The summed E-state index contributed by atoms with van der Waals surface area (Å²) in [5.74, 6) is -1.55. The topological polar surface area (TPSA) is 95.5 Å². The number of nitrogens with one attached hydrogen (secondary N) is 2. The number of hydrogen-bond donors (Lipinski definition) is 3. The Bertz CT molecular complexity index is 445. The van der Waals surface area contributed by atoms with Gasteiger partial charge in [0.1, 0.15) is 11.8 Å². The van der Waals surface area contributed by atoms with E-state index in [1.165, 1.54) is 6.92 Å². The number of amides is 2. The Balaban J connectivity index is 2.56. The second-order valence-electron chi connectivity index (χ2n) is 3.76. The zero-order valence-electron chi connectivity index (χ0n) is 9.84. The molecule has 3 N–H and O–H groups in total. The predicted molar refractivity (Wildman–Crippen MR) is 65.3 cm³/mol. The minimum absolute atomic E-state index is 0.239. The van der Waals surface area contributed by atoms with Gasteiger partial charge in [-0.1, -0.05) is 18.2 Å². The Morgan fingerprint density at radius 3 is 2.33 bits per heavy atom. The second-order valence-corrected chi connectivity index (χ2v) is 3.76. The molecule has 0 saturated carbocycles. The molecule has 0 aliphatic carbocycles. The second kappa shape index (κ2) is 6.39. The Morgan fingerprint density at radius 1 is 1.22 bits per heavy atom. The number of Topliss-reactive ketones (excluding diaryl/α,β-unsaturated/α-hetero) is 1. The lowest BCUT2D eigenvalue weighted by molar-refractivity contribution is -0.140. The molecule has 0 spiro atoms. The predicted octanol–water partition coefficient (Wildman–Crippen LogP) is 1.24. The van der Waals surface area contributed by atoms with Crippen LogP contribution >= 0.6 is 0 Å². The number of urea groups is 1. The van der Waals surface area contributed by atoms with Crippen LogP contribution in [0.5, 0.6) is 0 Å². The van der Waals surface area contributed by atoms with Crippen LogP contribution in [0, 0.1) is 0 Å². The van der Waals surface area contributed by atoms with E-state index in [-0.39, 0.29) is 12.2 Å². The molecule has 0 radical (unpaired) electrons. The summed E-state index contributed by atoms with van der Waals surface area (Å²) in [6.07, 6.45) is -0.239. The molecular weight excluding hydrogens is 236 g/mol. The van der Waals surface area contributed by atoms with Crippen molar-refractivity contribution in [3.8, 4) is 0 Å². The van der Waals surface area contributed by atoms with Crippen molar-refractivity contribution in [1.29, 1.82) is 0 Å². The average Bonchev–Trinajstić information content (AvgIpc) is 2.28. The molecule has 6 nitrogen and oxygen atoms in total. The molecule has 6 heteroatoms. The van der Waals surface area contributed by atoms with Crippen LogP contribution in [0.3, 0.4) is 0 Å². The number of benzene rings is 1.